The normalized spacial score (nSPS) is 14.6. The van der Waals surface area contributed by atoms with Crippen LogP contribution in [0.2, 0.25) is 0 Å². The van der Waals surface area contributed by atoms with Crippen LogP contribution in [0.5, 0.6) is 11.5 Å². The minimum atomic E-state index is -0.820. The van der Waals surface area contributed by atoms with Gasteiger partial charge in [-0.05, 0) is 61.9 Å². The first-order valence-corrected chi connectivity index (χ1v) is 14.0. The molecule has 3 aromatic carbocycles. The zero-order chi connectivity index (χ0) is 29.8. The number of carbonyl (C=O) groups is 2. The number of benzene rings is 3. The quantitative estimate of drug-likeness (QED) is 0.314. The molecule has 0 saturated heterocycles. The minimum absolute atomic E-state index is 0.284. The molecule has 10 heteroatoms. The van der Waals surface area contributed by atoms with Gasteiger partial charge in [-0.25, -0.2) is 9.79 Å². The fourth-order valence-electron chi connectivity index (χ4n) is 4.75. The molecule has 9 nitrogen and oxygen atoms in total. The summed E-state index contributed by atoms with van der Waals surface area (Å²) in [6.45, 7) is 3.79. The fourth-order valence-corrected chi connectivity index (χ4v) is 5.80. The van der Waals surface area contributed by atoms with Gasteiger partial charge in [-0.3, -0.25) is 14.2 Å². The van der Waals surface area contributed by atoms with E-state index in [0.717, 1.165) is 5.56 Å². The predicted octanol–water partition coefficient (Wildman–Crippen LogP) is 4.07. The van der Waals surface area contributed by atoms with Gasteiger partial charge in [0.05, 0.1) is 42.2 Å². The zero-order valence-corrected chi connectivity index (χ0v) is 24.4. The van der Waals surface area contributed by atoms with E-state index < -0.39 is 12.0 Å². The van der Waals surface area contributed by atoms with Gasteiger partial charge in [0.15, 0.2) is 4.80 Å². The van der Waals surface area contributed by atoms with Gasteiger partial charge in [-0.1, -0.05) is 41.7 Å². The van der Waals surface area contributed by atoms with Crippen LogP contribution in [0.25, 0.3) is 6.08 Å². The molecular weight excluding hydrogens is 554 g/mol. The Kier molecular flexibility index (Phi) is 8.35. The highest BCUT2D eigenvalue weighted by Crippen LogP contribution is 2.37. The SMILES string of the molecule is CCOC(=O)c1ccc(/C=c2\sc3n(c2=O)[C@@H](c2ccc(OC)cc2OC)C(C(=O)Nc2ccccc2)=C(C)N=3)cc1. The summed E-state index contributed by atoms with van der Waals surface area (Å²) in [7, 11) is 3.09. The Morgan fingerprint density at radius 1 is 1.02 bits per heavy atom. The van der Waals surface area contributed by atoms with E-state index in [9.17, 15) is 14.4 Å². The molecule has 1 aliphatic heterocycles. The summed E-state index contributed by atoms with van der Waals surface area (Å²) in [5.74, 6) is 0.247. The predicted molar refractivity (Wildman–Crippen MR) is 161 cm³/mol. The van der Waals surface area contributed by atoms with E-state index in [1.165, 1.54) is 23.0 Å². The number of nitrogens with one attached hydrogen (secondary N) is 1. The number of hydrogen-bond donors (Lipinski definition) is 1. The molecule has 5 rings (SSSR count). The molecule has 0 spiro atoms. The van der Waals surface area contributed by atoms with Gasteiger partial charge in [0, 0.05) is 17.3 Å². The molecule has 0 aliphatic carbocycles. The van der Waals surface area contributed by atoms with Crippen molar-refractivity contribution in [1.82, 2.24) is 4.57 Å². The summed E-state index contributed by atoms with van der Waals surface area (Å²) in [6, 6.07) is 20.4. The van der Waals surface area contributed by atoms with Crippen LogP contribution in [-0.4, -0.2) is 37.3 Å². The monoisotopic (exact) mass is 583 g/mol. The van der Waals surface area contributed by atoms with Crippen LogP contribution in [0.1, 0.15) is 41.4 Å². The van der Waals surface area contributed by atoms with Crippen LogP contribution in [0, 0.1) is 0 Å². The molecule has 0 radical (unpaired) electrons. The lowest BCUT2D eigenvalue weighted by Gasteiger charge is -2.26. The van der Waals surface area contributed by atoms with E-state index in [0.29, 0.717) is 48.9 Å². The molecule has 0 saturated carbocycles. The van der Waals surface area contributed by atoms with Gasteiger partial charge in [-0.15, -0.1) is 0 Å². The van der Waals surface area contributed by atoms with Crippen molar-refractivity contribution in [3.8, 4) is 11.5 Å². The molecule has 1 atom stereocenters. The Hall–Kier alpha value is -4.96. The second kappa shape index (κ2) is 12.3. The molecule has 1 amide bonds. The summed E-state index contributed by atoms with van der Waals surface area (Å²) < 4.78 is 18.1. The highest BCUT2D eigenvalue weighted by Gasteiger charge is 2.34. The van der Waals surface area contributed by atoms with Gasteiger partial charge in [0.2, 0.25) is 0 Å². The maximum absolute atomic E-state index is 14.0. The molecule has 0 unspecified atom stereocenters. The maximum Gasteiger partial charge on any atom is 0.338 e. The lowest BCUT2D eigenvalue weighted by molar-refractivity contribution is -0.113. The number of amides is 1. The highest BCUT2D eigenvalue weighted by atomic mass is 32.1. The van der Waals surface area contributed by atoms with E-state index in [4.69, 9.17) is 14.2 Å². The van der Waals surface area contributed by atoms with Crippen LogP contribution < -0.4 is 29.7 Å². The van der Waals surface area contributed by atoms with Gasteiger partial charge < -0.3 is 19.5 Å². The molecule has 214 valence electrons. The molecule has 0 fully saturated rings. The fraction of sp³-hybridized carbons (Fsp3) is 0.188. The third-order valence-electron chi connectivity index (χ3n) is 6.75. The average molecular weight is 584 g/mol. The van der Waals surface area contributed by atoms with Crippen molar-refractivity contribution < 1.29 is 23.8 Å². The summed E-state index contributed by atoms with van der Waals surface area (Å²) in [5, 5.41) is 2.94. The van der Waals surface area contributed by atoms with E-state index in [-0.39, 0.29) is 18.1 Å². The number of carbonyl (C=O) groups excluding carboxylic acids is 2. The topological polar surface area (TPSA) is 108 Å². The highest BCUT2D eigenvalue weighted by molar-refractivity contribution is 7.07. The minimum Gasteiger partial charge on any atom is -0.497 e. The van der Waals surface area contributed by atoms with Crippen LogP contribution in [0.4, 0.5) is 5.69 Å². The molecule has 42 heavy (non-hydrogen) atoms. The molecular formula is C32H29N3O6S. The number of aromatic nitrogens is 1. The number of ether oxygens (including phenoxy) is 3. The molecule has 1 N–H and O–H groups in total. The number of esters is 1. The van der Waals surface area contributed by atoms with Crippen molar-refractivity contribution >= 4 is 35.0 Å². The summed E-state index contributed by atoms with van der Waals surface area (Å²) in [6.07, 6.45) is 1.74. The molecule has 2 heterocycles. The van der Waals surface area contributed by atoms with E-state index >= 15 is 0 Å². The third-order valence-corrected chi connectivity index (χ3v) is 7.74. The Labute approximate surface area is 246 Å². The number of para-hydroxylation sites is 1. The summed E-state index contributed by atoms with van der Waals surface area (Å²) in [5.41, 5.74) is 2.87. The van der Waals surface area contributed by atoms with Gasteiger partial charge in [0.1, 0.15) is 17.5 Å². The standard InChI is InChI=1S/C32H29N3O6S/c1-5-41-31(38)21-13-11-20(12-14-21)17-26-30(37)35-28(24-16-15-23(39-3)18-25(24)40-4)27(19(2)33-32(35)42-26)29(36)34-22-9-7-6-8-10-22/h6-18,28H,5H2,1-4H3,(H,34,36)/b26-17-/t28-/m0/s1. The summed E-state index contributed by atoms with van der Waals surface area (Å²) >= 11 is 1.22. The number of thiazole rings is 1. The largest absolute Gasteiger partial charge is 0.497 e. The molecule has 0 bridgehead atoms. The van der Waals surface area contributed by atoms with Crippen molar-refractivity contribution in [1.29, 1.82) is 0 Å². The number of methoxy groups -OCH3 is 2. The Balaban J connectivity index is 1.65. The number of nitrogens with zero attached hydrogens (tertiary/aromatic N) is 2. The van der Waals surface area contributed by atoms with Crippen molar-refractivity contribution in [3.05, 3.63) is 120 Å². The van der Waals surface area contributed by atoms with Crippen LogP contribution in [0.3, 0.4) is 0 Å². The molecule has 4 aromatic rings. The number of fused-ring (bicyclic) bond motifs is 1. The van der Waals surface area contributed by atoms with Crippen molar-refractivity contribution in [3.63, 3.8) is 0 Å². The number of rotatable bonds is 8. The second-order valence-electron chi connectivity index (χ2n) is 9.35. The van der Waals surface area contributed by atoms with Crippen LogP contribution in [0.15, 0.2) is 93.9 Å². The number of allylic oxidation sites excluding steroid dienone is 1. The Bertz CT molecular complexity index is 1860. The van der Waals surface area contributed by atoms with Crippen LogP contribution in [-0.2, 0) is 9.53 Å². The average Bonchev–Trinajstić information content (AvgIpc) is 3.30. The first kappa shape index (κ1) is 28.6. The van der Waals surface area contributed by atoms with Crippen LogP contribution >= 0.6 is 11.3 Å². The lowest BCUT2D eigenvalue weighted by atomic mass is 9.94. The van der Waals surface area contributed by atoms with E-state index in [1.54, 1.807) is 81.6 Å². The maximum atomic E-state index is 14.0. The van der Waals surface area contributed by atoms with E-state index in [1.807, 2.05) is 18.2 Å². The Morgan fingerprint density at radius 3 is 2.43 bits per heavy atom. The second-order valence-corrected chi connectivity index (χ2v) is 10.4. The smallest absolute Gasteiger partial charge is 0.338 e. The number of hydrogen-bond acceptors (Lipinski definition) is 8. The first-order valence-electron chi connectivity index (χ1n) is 13.2. The number of anilines is 1. The first-order chi connectivity index (χ1) is 20.3. The zero-order valence-electron chi connectivity index (χ0n) is 23.5. The van der Waals surface area contributed by atoms with Crippen molar-refractivity contribution in [2.75, 3.05) is 26.1 Å². The van der Waals surface area contributed by atoms with Crippen molar-refractivity contribution in [2.45, 2.75) is 19.9 Å². The lowest BCUT2D eigenvalue weighted by Crippen LogP contribution is -2.40. The molecule has 1 aliphatic rings. The molecule has 1 aromatic heterocycles. The summed E-state index contributed by atoms with van der Waals surface area (Å²) in [4.78, 5) is 45.0. The van der Waals surface area contributed by atoms with Gasteiger partial charge in [-0.2, -0.15) is 0 Å². The van der Waals surface area contributed by atoms with Gasteiger partial charge >= 0.3 is 5.97 Å². The van der Waals surface area contributed by atoms with Crippen molar-refractivity contribution in [2.24, 2.45) is 4.99 Å². The van der Waals surface area contributed by atoms with E-state index in [2.05, 4.69) is 10.3 Å². The Morgan fingerprint density at radius 2 is 1.76 bits per heavy atom. The third kappa shape index (κ3) is 5.61. The van der Waals surface area contributed by atoms with Gasteiger partial charge in [0.25, 0.3) is 11.5 Å².